The van der Waals surface area contributed by atoms with Gasteiger partial charge in [0.2, 0.25) is 0 Å². The van der Waals surface area contributed by atoms with Gasteiger partial charge in [0.25, 0.3) is 5.91 Å². The molecule has 1 amide bonds. The molecule has 0 aliphatic heterocycles. The fourth-order valence-electron chi connectivity index (χ4n) is 2.06. The second-order valence-electron chi connectivity index (χ2n) is 4.53. The third-order valence-electron chi connectivity index (χ3n) is 3.17. The Kier molecular flexibility index (Phi) is 4.80. The molecule has 0 aliphatic carbocycles. The number of hydrogen-bond donors (Lipinski definition) is 2. The number of carbonyl (C=O) groups is 1. The molecule has 0 aliphatic rings. The van der Waals surface area contributed by atoms with Crippen LogP contribution in [-0.2, 0) is 6.54 Å². The first-order valence-corrected chi connectivity index (χ1v) is 7.11. The lowest BCUT2D eigenvalue weighted by molar-refractivity contribution is 0.0930. The van der Waals surface area contributed by atoms with Gasteiger partial charge in [0, 0.05) is 11.6 Å². The third-order valence-corrected chi connectivity index (χ3v) is 3.41. The van der Waals surface area contributed by atoms with Gasteiger partial charge in [-0.25, -0.2) is 9.67 Å². The number of halogens is 1. The highest BCUT2D eigenvalue weighted by Crippen LogP contribution is 2.23. The summed E-state index contributed by atoms with van der Waals surface area (Å²) in [6.45, 7) is 4.57. The maximum Gasteiger partial charge on any atom is 0.255 e. The fraction of sp³-hybridized carbons (Fsp3) is 0.357. The molecule has 7 heteroatoms. The number of rotatable bonds is 5. The number of aromatic nitrogens is 3. The van der Waals surface area contributed by atoms with Crippen LogP contribution in [0.15, 0.2) is 24.5 Å². The van der Waals surface area contributed by atoms with E-state index >= 15 is 0 Å². The van der Waals surface area contributed by atoms with E-state index in [-0.39, 0.29) is 17.4 Å². The third kappa shape index (κ3) is 3.33. The summed E-state index contributed by atoms with van der Waals surface area (Å²) in [6.07, 6.45) is 2.12. The molecule has 6 nitrogen and oxygen atoms in total. The van der Waals surface area contributed by atoms with Crippen molar-refractivity contribution in [2.45, 2.75) is 32.9 Å². The van der Waals surface area contributed by atoms with Crippen LogP contribution in [0.5, 0.6) is 5.75 Å². The zero-order valence-electron chi connectivity index (χ0n) is 11.9. The number of nitrogens with zero attached hydrogens (tertiary/aromatic N) is 3. The second-order valence-corrected chi connectivity index (χ2v) is 4.97. The molecule has 2 N–H and O–H groups in total. The SMILES string of the molecule is CC[C@H](NC(=O)c1cc(Cl)ccc1O)c1ncnn1CC. The van der Waals surface area contributed by atoms with Crippen LogP contribution in [0.1, 0.15) is 42.5 Å². The van der Waals surface area contributed by atoms with Gasteiger partial charge in [0.05, 0.1) is 11.6 Å². The minimum absolute atomic E-state index is 0.108. The van der Waals surface area contributed by atoms with Crippen molar-refractivity contribution in [1.29, 1.82) is 0 Å². The first kappa shape index (κ1) is 15.3. The molecule has 0 spiro atoms. The number of carbonyl (C=O) groups excluding carboxylic acids is 1. The van der Waals surface area contributed by atoms with Crippen LogP contribution in [0.3, 0.4) is 0 Å². The molecule has 2 aromatic rings. The molecule has 1 atom stereocenters. The molecule has 21 heavy (non-hydrogen) atoms. The van der Waals surface area contributed by atoms with Crippen molar-refractivity contribution >= 4 is 17.5 Å². The molecule has 0 unspecified atom stereocenters. The first-order valence-electron chi connectivity index (χ1n) is 6.73. The van der Waals surface area contributed by atoms with Gasteiger partial charge in [0.15, 0.2) is 0 Å². The smallest absolute Gasteiger partial charge is 0.255 e. The Morgan fingerprint density at radius 2 is 2.24 bits per heavy atom. The predicted octanol–water partition coefficient (Wildman–Crippen LogP) is 2.54. The summed E-state index contributed by atoms with van der Waals surface area (Å²) in [5.74, 6) is 0.186. The lowest BCUT2D eigenvalue weighted by atomic mass is 10.1. The molecule has 0 radical (unpaired) electrons. The van der Waals surface area contributed by atoms with E-state index in [1.165, 1.54) is 24.5 Å². The zero-order chi connectivity index (χ0) is 15.4. The molecule has 1 aromatic carbocycles. The first-order chi connectivity index (χ1) is 10.1. The summed E-state index contributed by atoms with van der Waals surface area (Å²) < 4.78 is 1.73. The number of phenolic OH excluding ortho intramolecular Hbond substituents is 1. The van der Waals surface area contributed by atoms with E-state index < -0.39 is 5.91 Å². The van der Waals surface area contributed by atoms with Gasteiger partial charge in [0.1, 0.15) is 17.9 Å². The minimum Gasteiger partial charge on any atom is -0.507 e. The van der Waals surface area contributed by atoms with Crippen LogP contribution in [0.4, 0.5) is 0 Å². The van der Waals surface area contributed by atoms with Crippen LogP contribution < -0.4 is 5.32 Å². The maximum absolute atomic E-state index is 12.3. The summed E-state index contributed by atoms with van der Waals surface area (Å²) in [5.41, 5.74) is 0.142. The van der Waals surface area contributed by atoms with Gasteiger partial charge in [-0.15, -0.1) is 0 Å². The van der Waals surface area contributed by atoms with Gasteiger partial charge in [-0.2, -0.15) is 5.10 Å². The monoisotopic (exact) mass is 308 g/mol. The molecule has 0 saturated carbocycles. The summed E-state index contributed by atoms with van der Waals surface area (Å²) in [6, 6.07) is 4.08. The van der Waals surface area contributed by atoms with Crippen LogP contribution >= 0.6 is 11.6 Å². The van der Waals surface area contributed by atoms with Gasteiger partial charge >= 0.3 is 0 Å². The highest BCUT2D eigenvalue weighted by atomic mass is 35.5. The number of aromatic hydroxyl groups is 1. The average Bonchev–Trinajstić information content (AvgIpc) is 2.95. The highest BCUT2D eigenvalue weighted by Gasteiger charge is 2.20. The standard InChI is InChI=1S/C14H17ClN4O2/c1-3-11(13-16-8-17-19(13)4-2)18-14(21)10-7-9(15)5-6-12(10)20/h5-8,11,20H,3-4H2,1-2H3,(H,18,21)/t11-/m0/s1. The molecule has 0 saturated heterocycles. The second kappa shape index (κ2) is 6.58. The van der Waals surface area contributed by atoms with Crippen LogP contribution in [-0.4, -0.2) is 25.8 Å². The van der Waals surface area contributed by atoms with Crippen LogP contribution in [0.25, 0.3) is 0 Å². The van der Waals surface area contributed by atoms with E-state index in [1.807, 2.05) is 13.8 Å². The maximum atomic E-state index is 12.3. The van der Waals surface area contributed by atoms with E-state index in [1.54, 1.807) is 4.68 Å². The molecule has 2 rings (SSSR count). The number of benzene rings is 1. The van der Waals surface area contributed by atoms with E-state index in [9.17, 15) is 9.90 Å². The lowest BCUT2D eigenvalue weighted by Crippen LogP contribution is -2.30. The number of amides is 1. The van der Waals surface area contributed by atoms with E-state index in [4.69, 9.17) is 11.6 Å². The molecule has 0 fully saturated rings. The van der Waals surface area contributed by atoms with Crippen molar-refractivity contribution in [2.24, 2.45) is 0 Å². The van der Waals surface area contributed by atoms with Gasteiger partial charge in [-0.05, 0) is 31.5 Å². The molecular weight excluding hydrogens is 292 g/mol. The summed E-state index contributed by atoms with van der Waals surface area (Å²) in [4.78, 5) is 16.5. The molecule has 1 aromatic heterocycles. The Hall–Kier alpha value is -2.08. The largest absolute Gasteiger partial charge is 0.507 e. The van der Waals surface area contributed by atoms with Crippen molar-refractivity contribution in [3.8, 4) is 5.75 Å². The normalized spacial score (nSPS) is 12.1. The molecule has 112 valence electrons. The summed E-state index contributed by atoms with van der Waals surface area (Å²) in [7, 11) is 0. The Morgan fingerprint density at radius 3 is 2.90 bits per heavy atom. The number of nitrogens with one attached hydrogen (secondary N) is 1. The summed E-state index contributed by atoms with van der Waals surface area (Å²) >= 11 is 5.86. The zero-order valence-corrected chi connectivity index (χ0v) is 12.6. The Labute approximate surface area is 127 Å². The molecular formula is C14H17ClN4O2. The predicted molar refractivity (Wildman–Crippen MR) is 79.3 cm³/mol. The fourth-order valence-corrected chi connectivity index (χ4v) is 2.23. The molecule has 0 bridgehead atoms. The van der Waals surface area contributed by atoms with Crippen molar-refractivity contribution in [3.05, 3.63) is 40.9 Å². The Bertz CT molecular complexity index is 642. The summed E-state index contributed by atoms with van der Waals surface area (Å²) in [5, 5.41) is 17.1. The van der Waals surface area contributed by atoms with Crippen LogP contribution in [0.2, 0.25) is 5.02 Å². The number of hydrogen-bond acceptors (Lipinski definition) is 4. The van der Waals surface area contributed by atoms with Gasteiger partial charge < -0.3 is 10.4 Å². The van der Waals surface area contributed by atoms with E-state index in [0.717, 1.165) is 0 Å². The Morgan fingerprint density at radius 1 is 1.48 bits per heavy atom. The average molecular weight is 309 g/mol. The minimum atomic E-state index is -0.396. The van der Waals surface area contributed by atoms with E-state index in [2.05, 4.69) is 15.4 Å². The van der Waals surface area contributed by atoms with Crippen molar-refractivity contribution < 1.29 is 9.90 Å². The van der Waals surface area contributed by atoms with Crippen molar-refractivity contribution in [3.63, 3.8) is 0 Å². The topological polar surface area (TPSA) is 80.0 Å². The van der Waals surface area contributed by atoms with Gasteiger partial charge in [-0.1, -0.05) is 18.5 Å². The number of aryl methyl sites for hydroxylation is 1. The highest BCUT2D eigenvalue weighted by molar-refractivity contribution is 6.31. The Balaban J connectivity index is 2.22. The quantitative estimate of drug-likeness (QED) is 0.889. The van der Waals surface area contributed by atoms with Crippen molar-refractivity contribution in [2.75, 3.05) is 0 Å². The molecule has 1 heterocycles. The van der Waals surface area contributed by atoms with E-state index in [0.29, 0.717) is 23.8 Å². The van der Waals surface area contributed by atoms with Crippen LogP contribution in [0, 0.1) is 0 Å². The lowest BCUT2D eigenvalue weighted by Gasteiger charge is -2.17. The van der Waals surface area contributed by atoms with Crippen molar-refractivity contribution in [1.82, 2.24) is 20.1 Å². The number of phenols is 1. The van der Waals surface area contributed by atoms with Gasteiger partial charge in [-0.3, -0.25) is 4.79 Å².